The third-order valence-electron chi connectivity index (χ3n) is 4.08. The fourth-order valence-corrected chi connectivity index (χ4v) is 3.30. The van der Waals surface area contributed by atoms with Crippen LogP contribution in [0.25, 0.3) is 16.6 Å². The van der Waals surface area contributed by atoms with Gasteiger partial charge in [-0.05, 0) is 47.4 Å². The highest BCUT2D eigenvalue weighted by atomic mass is 32.1. The van der Waals surface area contributed by atoms with Gasteiger partial charge in [0, 0.05) is 11.6 Å². The minimum atomic E-state index is -0.0498. The Hall–Kier alpha value is -3.44. The van der Waals surface area contributed by atoms with Gasteiger partial charge in [0.2, 0.25) is 0 Å². The van der Waals surface area contributed by atoms with Gasteiger partial charge in [-0.1, -0.05) is 47.6 Å². The number of aromatic nitrogens is 1. The third-order valence-corrected chi connectivity index (χ3v) is 4.97. The van der Waals surface area contributed by atoms with E-state index in [1.54, 1.807) is 41.7 Å². The van der Waals surface area contributed by atoms with Gasteiger partial charge in [-0.3, -0.25) is 4.79 Å². The average Bonchev–Trinajstić information content (AvgIpc) is 3.43. The van der Waals surface area contributed by atoms with Crippen molar-refractivity contribution in [3.8, 4) is 16.3 Å². The molecule has 0 unspecified atom stereocenters. The van der Waals surface area contributed by atoms with Crippen molar-refractivity contribution in [2.75, 3.05) is 0 Å². The van der Waals surface area contributed by atoms with Gasteiger partial charge in [-0.15, -0.1) is 11.3 Å². The molecule has 5 heteroatoms. The van der Waals surface area contributed by atoms with E-state index in [-0.39, 0.29) is 12.4 Å². The molecule has 4 nitrogen and oxygen atoms in total. The van der Waals surface area contributed by atoms with Crippen LogP contribution in [0, 0.1) is 0 Å². The topological polar surface area (TPSA) is 52.3 Å². The molecule has 4 aromatic rings. The number of rotatable bonds is 7. The molecular formula is C23H17NO3S. The predicted molar refractivity (Wildman–Crippen MR) is 110 cm³/mol. The normalized spacial score (nSPS) is 11.0. The molecule has 138 valence electrons. The van der Waals surface area contributed by atoms with Crippen LogP contribution in [0.3, 0.4) is 0 Å². The molecule has 2 aromatic heterocycles. The summed E-state index contributed by atoms with van der Waals surface area (Å²) in [5.41, 5.74) is 2.41. The molecule has 0 aliphatic rings. The number of carbonyl (C=O) groups is 1. The molecule has 0 bridgehead atoms. The zero-order valence-corrected chi connectivity index (χ0v) is 15.8. The Morgan fingerprint density at radius 3 is 2.61 bits per heavy atom. The average molecular weight is 387 g/mol. The second-order valence-electron chi connectivity index (χ2n) is 6.08. The number of ketones is 1. The zero-order valence-electron chi connectivity index (χ0n) is 14.9. The highest BCUT2D eigenvalue weighted by Crippen LogP contribution is 2.24. The maximum absolute atomic E-state index is 12.3. The van der Waals surface area contributed by atoms with E-state index < -0.39 is 0 Å². The van der Waals surface area contributed by atoms with Crippen LogP contribution in [0.1, 0.15) is 21.7 Å². The molecule has 0 amide bonds. The summed E-state index contributed by atoms with van der Waals surface area (Å²) in [5, 5.41) is 6.05. The van der Waals surface area contributed by atoms with Crippen LogP contribution in [0.4, 0.5) is 0 Å². The fraction of sp³-hybridized carbons (Fsp3) is 0.0435. The molecule has 0 saturated heterocycles. The monoisotopic (exact) mass is 387 g/mol. The van der Waals surface area contributed by atoms with Crippen molar-refractivity contribution in [3.05, 3.63) is 101 Å². The Balaban J connectivity index is 1.34. The number of hydrogen-bond donors (Lipinski definition) is 0. The van der Waals surface area contributed by atoms with Crippen LogP contribution in [-0.4, -0.2) is 10.9 Å². The van der Waals surface area contributed by atoms with Crippen LogP contribution in [0.2, 0.25) is 0 Å². The van der Waals surface area contributed by atoms with Gasteiger partial charge in [-0.25, -0.2) is 0 Å². The van der Waals surface area contributed by atoms with Gasteiger partial charge >= 0.3 is 0 Å². The molecule has 0 saturated carbocycles. The highest BCUT2D eigenvalue weighted by Gasteiger charge is 2.08. The number of nitrogens with zero attached hydrogens (tertiary/aromatic N) is 1. The van der Waals surface area contributed by atoms with Crippen LogP contribution < -0.4 is 4.74 Å². The van der Waals surface area contributed by atoms with Crippen LogP contribution in [-0.2, 0) is 6.61 Å². The smallest absolute Gasteiger partial charge is 0.185 e. The van der Waals surface area contributed by atoms with E-state index in [0.717, 1.165) is 16.1 Å². The van der Waals surface area contributed by atoms with E-state index in [2.05, 4.69) is 5.16 Å². The Kier molecular flexibility index (Phi) is 5.45. The van der Waals surface area contributed by atoms with Crippen molar-refractivity contribution in [1.29, 1.82) is 0 Å². The number of ether oxygens (including phenoxy) is 1. The number of hydrogen-bond acceptors (Lipinski definition) is 5. The largest absolute Gasteiger partial charge is 0.486 e. The molecule has 0 N–H and O–H groups in total. The molecule has 2 aromatic carbocycles. The van der Waals surface area contributed by atoms with E-state index in [9.17, 15) is 4.79 Å². The number of carbonyl (C=O) groups excluding carboxylic acids is 1. The summed E-state index contributed by atoms with van der Waals surface area (Å²) in [4.78, 5) is 13.3. The fourth-order valence-electron chi connectivity index (χ4n) is 2.62. The molecule has 0 spiro atoms. The quantitative estimate of drug-likeness (QED) is 0.294. The maximum Gasteiger partial charge on any atom is 0.185 e. The molecule has 0 atom stereocenters. The second kappa shape index (κ2) is 8.50. The Labute approximate surface area is 166 Å². The summed E-state index contributed by atoms with van der Waals surface area (Å²) in [7, 11) is 0. The predicted octanol–water partition coefficient (Wildman–Crippen LogP) is 5.88. The first-order chi connectivity index (χ1) is 13.8. The van der Waals surface area contributed by atoms with Crippen molar-refractivity contribution in [2.45, 2.75) is 6.61 Å². The lowest BCUT2D eigenvalue weighted by Gasteiger charge is -2.04. The standard InChI is InChI=1S/C23H17NO3S/c25-22(13-8-17-5-2-1-3-6-17)18-9-11-19(12-10-18)26-16-20-15-21(24-27-20)23-7-4-14-28-23/h1-15H,16H2/b13-8+. The van der Waals surface area contributed by atoms with Gasteiger partial charge in [0.05, 0.1) is 4.88 Å². The van der Waals surface area contributed by atoms with E-state index in [1.807, 2.05) is 60.0 Å². The third kappa shape index (κ3) is 4.45. The Morgan fingerprint density at radius 1 is 1.04 bits per heavy atom. The first-order valence-corrected chi connectivity index (χ1v) is 9.66. The number of benzene rings is 2. The molecule has 4 rings (SSSR count). The lowest BCUT2D eigenvalue weighted by Crippen LogP contribution is -1.96. The molecule has 0 radical (unpaired) electrons. The van der Waals surface area contributed by atoms with Gasteiger partial charge in [0.1, 0.15) is 18.1 Å². The second-order valence-corrected chi connectivity index (χ2v) is 7.02. The van der Waals surface area contributed by atoms with Crippen molar-refractivity contribution in [1.82, 2.24) is 5.16 Å². The minimum Gasteiger partial charge on any atom is -0.486 e. The van der Waals surface area contributed by atoms with Crippen molar-refractivity contribution in [3.63, 3.8) is 0 Å². The van der Waals surface area contributed by atoms with Gasteiger partial charge in [-0.2, -0.15) is 0 Å². The molecule has 0 aliphatic carbocycles. The lowest BCUT2D eigenvalue weighted by molar-refractivity contribution is 0.104. The minimum absolute atomic E-state index is 0.0498. The van der Waals surface area contributed by atoms with E-state index >= 15 is 0 Å². The summed E-state index contributed by atoms with van der Waals surface area (Å²) in [6.07, 6.45) is 3.38. The SMILES string of the molecule is O=C(/C=C/c1ccccc1)c1ccc(OCc2cc(-c3cccs3)no2)cc1. The Bertz CT molecular complexity index is 1060. The summed E-state index contributed by atoms with van der Waals surface area (Å²) < 4.78 is 11.0. The van der Waals surface area contributed by atoms with E-state index in [4.69, 9.17) is 9.26 Å². The maximum atomic E-state index is 12.3. The molecule has 0 fully saturated rings. The molecule has 2 heterocycles. The number of allylic oxidation sites excluding steroid dienone is 1. The Morgan fingerprint density at radius 2 is 1.86 bits per heavy atom. The first kappa shape index (κ1) is 17.9. The van der Waals surface area contributed by atoms with Gasteiger partial charge < -0.3 is 9.26 Å². The van der Waals surface area contributed by atoms with E-state index in [1.165, 1.54) is 0 Å². The lowest BCUT2D eigenvalue weighted by atomic mass is 10.1. The summed E-state index contributed by atoms with van der Waals surface area (Å²) >= 11 is 1.61. The summed E-state index contributed by atoms with van der Waals surface area (Å²) in [6, 6.07) is 22.6. The van der Waals surface area contributed by atoms with Crippen molar-refractivity contribution in [2.24, 2.45) is 0 Å². The molecular weight excluding hydrogens is 370 g/mol. The first-order valence-electron chi connectivity index (χ1n) is 8.78. The van der Waals surface area contributed by atoms with Crippen molar-refractivity contribution >= 4 is 23.2 Å². The molecule has 0 aliphatic heterocycles. The van der Waals surface area contributed by atoms with Crippen molar-refractivity contribution < 1.29 is 14.1 Å². The molecule has 28 heavy (non-hydrogen) atoms. The summed E-state index contributed by atoms with van der Waals surface area (Å²) in [5.74, 6) is 1.26. The number of thiophene rings is 1. The van der Waals surface area contributed by atoms with Gasteiger partial charge in [0.15, 0.2) is 11.5 Å². The van der Waals surface area contributed by atoms with Gasteiger partial charge in [0.25, 0.3) is 0 Å². The van der Waals surface area contributed by atoms with Crippen LogP contribution >= 0.6 is 11.3 Å². The van der Waals surface area contributed by atoms with Crippen LogP contribution in [0.15, 0.2) is 88.8 Å². The zero-order chi connectivity index (χ0) is 19.2. The van der Waals surface area contributed by atoms with E-state index in [0.29, 0.717) is 17.1 Å². The highest BCUT2D eigenvalue weighted by molar-refractivity contribution is 7.13. The van der Waals surface area contributed by atoms with Crippen LogP contribution in [0.5, 0.6) is 5.75 Å². The summed E-state index contributed by atoms with van der Waals surface area (Å²) in [6.45, 7) is 0.277.